The van der Waals surface area contributed by atoms with E-state index in [2.05, 4.69) is 6.92 Å². The Hall–Kier alpha value is -1.51. The molecule has 18 heavy (non-hydrogen) atoms. The van der Waals surface area contributed by atoms with Crippen molar-refractivity contribution < 1.29 is 4.79 Å². The lowest BCUT2D eigenvalue weighted by molar-refractivity contribution is -0.120. The summed E-state index contributed by atoms with van der Waals surface area (Å²) in [5.41, 5.74) is 8.87. The van der Waals surface area contributed by atoms with Crippen LogP contribution in [0.15, 0.2) is 18.2 Å². The van der Waals surface area contributed by atoms with Gasteiger partial charge >= 0.3 is 0 Å². The maximum Gasteiger partial charge on any atom is 0.227 e. The van der Waals surface area contributed by atoms with Crippen molar-refractivity contribution in [1.82, 2.24) is 0 Å². The van der Waals surface area contributed by atoms with Gasteiger partial charge in [-0.2, -0.15) is 0 Å². The first kappa shape index (κ1) is 11.6. The highest BCUT2D eigenvalue weighted by molar-refractivity contribution is 5.96. The van der Waals surface area contributed by atoms with Crippen LogP contribution in [0.25, 0.3) is 0 Å². The number of nitrogen functional groups attached to an aromatic ring is 1. The molecule has 0 aromatic heterocycles. The minimum absolute atomic E-state index is 0.273. The average molecular weight is 244 g/mol. The second-order valence-electron chi connectivity index (χ2n) is 5.71. The van der Waals surface area contributed by atoms with Gasteiger partial charge in [0.25, 0.3) is 0 Å². The summed E-state index contributed by atoms with van der Waals surface area (Å²) in [6, 6.07) is 6.16. The van der Waals surface area contributed by atoms with Crippen LogP contribution in [0, 0.1) is 5.92 Å². The zero-order valence-corrected chi connectivity index (χ0v) is 10.9. The summed E-state index contributed by atoms with van der Waals surface area (Å²) in [6.45, 7) is 2.12. The van der Waals surface area contributed by atoms with E-state index in [1.54, 1.807) is 0 Å². The number of carbonyl (C=O) groups is 1. The maximum atomic E-state index is 12.4. The summed E-state index contributed by atoms with van der Waals surface area (Å²) in [5, 5.41) is 0. The van der Waals surface area contributed by atoms with Crippen LogP contribution in [0.1, 0.15) is 38.2 Å². The minimum Gasteiger partial charge on any atom is -0.399 e. The van der Waals surface area contributed by atoms with Crippen LogP contribution < -0.4 is 10.6 Å². The number of nitrogens with zero attached hydrogens (tertiary/aromatic N) is 1. The summed E-state index contributed by atoms with van der Waals surface area (Å²) in [7, 11) is 0. The van der Waals surface area contributed by atoms with Gasteiger partial charge in [0.05, 0.1) is 0 Å². The molecule has 3 heteroatoms. The zero-order chi connectivity index (χ0) is 12.7. The van der Waals surface area contributed by atoms with E-state index < -0.39 is 0 Å². The average Bonchev–Trinajstić information content (AvgIpc) is 2.58. The topological polar surface area (TPSA) is 46.3 Å². The van der Waals surface area contributed by atoms with Crippen LogP contribution in [0.5, 0.6) is 0 Å². The number of fused-ring (bicyclic) bond motifs is 1. The third kappa shape index (κ3) is 1.88. The monoisotopic (exact) mass is 244 g/mol. The van der Waals surface area contributed by atoms with Crippen molar-refractivity contribution in [2.75, 3.05) is 10.6 Å². The van der Waals surface area contributed by atoms with E-state index in [1.165, 1.54) is 24.8 Å². The summed E-state index contributed by atoms with van der Waals surface area (Å²) in [5.74, 6) is 0.915. The highest BCUT2D eigenvalue weighted by Crippen LogP contribution is 2.36. The molecular formula is C15H20N2O. The Balaban J connectivity index is 1.81. The van der Waals surface area contributed by atoms with Crippen LogP contribution >= 0.6 is 0 Å². The first-order valence-electron chi connectivity index (χ1n) is 6.85. The molecule has 0 saturated heterocycles. The van der Waals surface area contributed by atoms with E-state index in [9.17, 15) is 4.79 Å². The Morgan fingerprint density at radius 1 is 1.44 bits per heavy atom. The van der Waals surface area contributed by atoms with Gasteiger partial charge in [-0.1, -0.05) is 6.42 Å². The number of carbonyl (C=O) groups excluding carboxylic acids is 1. The number of hydrogen-bond donors (Lipinski definition) is 1. The summed E-state index contributed by atoms with van der Waals surface area (Å²) < 4.78 is 0. The van der Waals surface area contributed by atoms with Gasteiger partial charge in [-0.05, 0) is 55.9 Å². The Morgan fingerprint density at radius 2 is 2.22 bits per heavy atom. The molecule has 1 amide bonds. The molecule has 96 valence electrons. The third-order valence-electron chi connectivity index (χ3n) is 4.28. The minimum atomic E-state index is 0.273. The van der Waals surface area contributed by atoms with E-state index in [4.69, 9.17) is 5.73 Å². The highest BCUT2D eigenvalue weighted by atomic mass is 16.2. The van der Waals surface area contributed by atoms with Crippen LogP contribution in [0.2, 0.25) is 0 Å². The molecule has 0 spiro atoms. The van der Waals surface area contributed by atoms with Gasteiger partial charge in [0.15, 0.2) is 0 Å². The molecule has 1 aromatic rings. The largest absolute Gasteiger partial charge is 0.399 e. The van der Waals surface area contributed by atoms with E-state index in [1.807, 2.05) is 23.1 Å². The van der Waals surface area contributed by atoms with Gasteiger partial charge in [-0.3, -0.25) is 4.79 Å². The summed E-state index contributed by atoms with van der Waals surface area (Å²) in [4.78, 5) is 14.4. The van der Waals surface area contributed by atoms with Crippen LogP contribution in [0.3, 0.4) is 0 Å². The van der Waals surface area contributed by atoms with Gasteiger partial charge in [-0.25, -0.2) is 0 Å². The number of rotatable bonds is 2. The standard InChI is InChI=1S/C15H20N2O/c1-10-7-12-9-13(16)5-6-14(12)17(10)15(18)8-11-3-2-4-11/h5-6,9-11H,2-4,7-8,16H2,1H3. The Kier molecular flexibility index (Phi) is 2.77. The molecule has 1 heterocycles. The van der Waals surface area contributed by atoms with E-state index >= 15 is 0 Å². The molecule has 1 fully saturated rings. The molecule has 1 saturated carbocycles. The normalized spacial score (nSPS) is 22.7. The SMILES string of the molecule is CC1Cc2cc(N)ccc2N1C(=O)CC1CCC1. The number of amides is 1. The number of anilines is 2. The van der Waals surface area contributed by atoms with Crippen molar-refractivity contribution >= 4 is 17.3 Å². The molecule has 3 rings (SSSR count). The smallest absolute Gasteiger partial charge is 0.227 e. The predicted octanol–water partition coefficient (Wildman–Crippen LogP) is 2.74. The second kappa shape index (κ2) is 4.30. The molecule has 1 atom stereocenters. The van der Waals surface area contributed by atoms with Gasteiger partial charge in [0, 0.05) is 23.8 Å². The molecule has 2 aliphatic rings. The lowest BCUT2D eigenvalue weighted by Crippen LogP contribution is -2.37. The van der Waals surface area contributed by atoms with Crippen molar-refractivity contribution in [3.63, 3.8) is 0 Å². The summed E-state index contributed by atoms with van der Waals surface area (Å²) >= 11 is 0. The van der Waals surface area contributed by atoms with E-state index in [0.717, 1.165) is 17.8 Å². The Bertz CT molecular complexity index is 479. The van der Waals surface area contributed by atoms with Crippen LogP contribution in [-0.4, -0.2) is 11.9 Å². The van der Waals surface area contributed by atoms with Gasteiger partial charge < -0.3 is 10.6 Å². The zero-order valence-electron chi connectivity index (χ0n) is 10.9. The molecule has 1 aliphatic heterocycles. The molecule has 0 bridgehead atoms. The lowest BCUT2D eigenvalue weighted by Gasteiger charge is -2.29. The van der Waals surface area contributed by atoms with Gasteiger partial charge in [0.2, 0.25) is 5.91 Å². The van der Waals surface area contributed by atoms with E-state index in [-0.39, 0.29) is 11.9 Å². The van der Waals surface area contributed by atoms with Crippen molar-refractivity contribution in [3.05, 3.63) is 23.8 Å². The molecule has 0 radical (unpaired) electrons. The van der Waals surface area contributed by atoms with Crippen molar-refractivity contribution in [1.29, 1.82) is 0 Å². The molecule has 2 N–H and O–H groups in total. The number of nitrogens with two attached hydrogens (primary N) is 1. The predicted molar refractivity (Wildman–Crippen MR) is 73.5 cm³/mol. The molecule has 3 nitrogen and oxygen atoms in total. The lowest BCUT2D eigenvalue weighted by atomic mass is 9.82. The first-order chi connectivity index (χ1) is 8.65. The molecule has 1 aliphatic carbocycles. The Labute approximate surface area is 108 Å². The quantitative estimate of drug-likeness (QED) is 0.813. The fourth-order valence-electron chi connectivity index (χ4n) is 3.07. The molecule has 1 aromatic carbocycles. The third-order valence-corrected chi connectivity index (χ3v) is 4.28. The summed E-state index contributed by atoms with van der Waals surface area (Å²) in [6.07, 6.45) is 5.39. The fourth-order valence-corrected chi connectivity index (χ4v) is 3.07. The Morgan fingerprint density at radius 3 is 2.89 bits per heavy atom. The van der Waals surface area contributed by atoms with Crippen LogP contribution in [-0.2, 0) is 11.2 Å². The number of benzene rings is 1. The van der Waals surface area contributed by atoms with Crippen LogP contribution in [0.4, 0.5) is 11.4 Å². The van der Waals surface area contributed by atoms with Crippen molar-refractivity contribution in [2.24, 2.45) is 5.92 Å². The molecular weight excluding hydrogens is 224 g/mol. The second-order valence-corrected chi connectivity index (χ2v) is 5.71. The first-order valence-corrected chi connectivity index (χ1v) is 6.85. The maximum absolute atomic E-state index is 12.4. The van der Waals surface area contributed by atoms with Crippen molar-refractivity contribution in [2.45, 2.75) is 45.1 Å². The molecule has 1 unspecified atom stereocenters. The fraction of sp³-hybridized carbons (Fsp3) is 0.533. The number of hydrogen-bond acceptors (Lipinski definition) is 2. The van der Waals surface area contributed by atoms with Gasteiger partial charge in [-0.15, -0.1) is 0 Å². The van der Waals surface area contributed by atoms with E-state index in [0.29, 0.717) is 12.3 Å². The highest BCUT2D eigenvalue weighted by Gasteiger charge is 2.32. The van der Waals surface area contributed by atoms with Crippen molar-refractivity contribution in [3.8, 4) is 0 Å². The van der Waals surface area contributed by atoms with Gasteiger partial charge in [0.1, 0.15) is 0 Å².